The number of nitrogens with two attached hydrogens (primary N) is 1. The molecule has 2 fully saturated rings. The third-order valence-corrected chi connectivity index (χ3v) is 5.26. The second-order valence-electron chi connectivity index (χ2n) is 6.96. The Hall–Kier alpha value is -1.26. The largest absolute Gasteiger partial charge is 0.497 e. The van der Waals surface area contributed by atoms with Crippen LogP contribution < -0.4 is 15.2 Å². The van der Waals surface area contributed by atoms with Gasteiger partial charge in [0.05, 0.1) is 7.11 Å². The Bertz CT molecular complexity index is 558. The number of nitrogens with zero attached hydrogens (tertiary/aromatic N) is 1. The highest BCUT2D eigenvalue weighted by atomic mass is 16.5. The van der Waals surface area contributed by atoms with E-state index < -0.39 is 0 Å². The molecule has 21 heavy (non-hydrogen) atoms. The molecule has 2 unspecified atom stereocenters. The monoisotopic (exact) mass is 288 g/mol. The van der Waals surface area contributed by atoms with Gasteiger partial charge in [0, 0.05) is 49.1 Å². The molecule has 0 aromatic heterocycles. The second-order valence-corrected chi connectivity index (χ2v) is 6.96. The van der Waals surface area contributed by atoms with Gasteiger partial charge in [-0.1, -0.05) is 6.07 Å². The molecule has 3 atom stereocenters. The van der Waals surface area contributed by atoms with Crippen molar-refractivity contribution in [1.82, 2.24) is 4.90 Å². The van der Waals surface area contributed by atoms with Crippen LogP contribution in [0.3, 0.4) is 0 Å². The van der Waals surface area contributed by atoms with Gasteiger partial charge in [-0.05, 0) is 25.8 Å². The molecule has 1 saturated carbocycles. The first-order valence-electron chi connectivity index (χ1n) is 7.98. The van der Waals surface area contributed by atoms with Gasteiger partial charge < -0.3 is 15.2 Å². The molecule has 3 aliphatic rings. The van der Waals surface area contributed by atoms with Crippen molar-refractivity contribution in [1.29, 1.82) is 0 Å². The van der Waals surface area contributed by atoms with Crippen LogP contribution in [0.4, 0.5) is 0 Å². The van der Waals surface area contributed by atoms with Gasteiger partial charge in [0.2, 0.25) is 0 Å². The quantitative estimate of drug-likeness (QED) is 0.908. The van der Waals surface area contributed by atoms with Crippen LogP contribution in [0.2, 0.25) is 0 Å². The highest BCUT2D eigenvalue weighted by Gasteiger charge is 2.51. The number of methoxy groups -OCH3 is 1. The summed E-state index contributed by atoms with van der Waals surface area (Å²) in [5, 5.41) is 0. The summed E-state index contributed by atoms with van der Waals surface area (Å²) in [6.07, 6.45) is 4.68. The van der Waals surface area contributed by atoms with Crippen molar-refractivity contribution in [2.75, 3.05) is 13.7 Å². The number of ether oxygens (including phenoxy) is 2. The fourth-order valence-electron chi connectivity index (χ4n) is 4.15. The zero-order valence-corrected chi connectivity index (χ0v) is 12.8. The van der Waals surface area contributed by atoms with Gasteiger partial charge in [0.25, 0.3) is 0 Å². The highest BCUT2D eigenvalue weighted by molar-refractivity contribution is 5.44. The van der Waals surface area contributed by atoms with E-state index in [0.717, 1.165) is 42.5 Å². The summed E-state index contributed by atoms with van der Waals surface area (Å²) in [5.74, 6) is 1.75. The molecular weight excluding hydrogens is 264 g/mol. The lowest BCUT2D eigenvalue weighted by Gasteiger charge is -2.39. The molecule has 4 heteroatoms. The Labute approximate surface area is 126 Å². The molecule has 4 rings (SSSR count). The molecule has 1 aromatic rings. The second kappa shape index (κ2) is 4.62. The lowest BCUT2D eigenvalue weighted by molar-refractivity contribution is 0.0431. The Morgan fingerprint density at radius 3 is 2.86 bits per heavy atom. The molecule has 4 nitrogen and oxygen atoms in total. The minimum absolute atomic E-state index is 0.0611. The molecule has 114 valence electrons. The molecule has 1 aliphatic carbocycles. The van der Waals surface area contributed by atoms with E-state index in [4.69, 9.17) is 15.2 Å². The zero-order valence-electron chi connectivity index (χ0n) is 12.8. The van der Waals surface area contributed by atoms with Crippen LogP contribution in [0.15, 0.2) is 18.2 Å². The number of hydrogen-bond donors (Lipinski definition) is 1. The van der Waals surface area contributed by atoms with Crippen LogP contribution in [0.25, 0.3) is 0 Å². The number of hydrogen-bond acceptors (Lipinski definition) is 4. The normalized spacial score (nSPS) is 35.6. The predicted molar refractivity (Wildman–Crippen MR) is 81.7 cm³/mol. The van der Waals surface area contributed by atoms with Gasteiger partial charge in [-0.2, -0.15) is 0 Å². The maximum absolute atomic E-state index is 6.47. The van der Waals surface area contributed by atoms with Gasteiger partial charge >= 0.3 is 0 Å². The summed E-state index contributed by atoms with van der Waals surface area (Å²) in [7, 11) is 1.69. The van der Waals surface area contributed by atoms with Crippen LogP contribution in [0.1, 0.15) is 44.2 Å². The lowest BCUT2D eigenvalue weighted by Crippen LogP contribution is -2.45. The number of fused-ring (bicyclic) bond motifs is 1. The minimum Gasteiger partial charge on any atom is -0.497 e. The number of benzene rings is 1. The zero-order chi connectivity index (χ0) is 14.6. The Morgan fingerprint density at radius 2 is 2.14 bits per heavy atom. The predicted octanol–water partition coefficient (Wildman–Crippen LogP) is 2.47. The van der Waals surface area contributed by atoms with Crippen LogP contribution in [0.5, 0.6) is 11.5 Å². The van der Waals surface area contributed by atoms with Gasteiger partial charge in [0.15, 0.2) is 0 Å². The van der Waals surface area contributed by atoms with Crippen molar-refractivity contribution < 1.29 is 9.47 Å². The topological polar surface area (TPSA) is 47.7 Å². The molecule has 2 heterocycles. The van der Waals surface area contributed by atoms with Crippen LogP contribution in [-0.2, 0) is 0 Å². The average molecular weight is 288 g/mol. The molecule has 0 bridgehead atoms. The molecule has 0 radical (unpaired) electrons. The standard InChI is InChI=1S/C17H24N2O2/c1-11-8-17(10-19(11)12-3-4-12)9-15(18)14-6-5-13(20-2)7-16(14)21-17/h5-7,11-12,15H,3-4,8-10,18H2,1-2H3/t11?,15-,17?/m0/s1. The summed E-state index contributed by atoms with van der Waals surface area (Å²) in [5.41, 5.74) is 7.44. The maximum Gasteiger partial charge on any atom is 0.128 e. The fraction of sp³-hybridized carbons (Fsp3) is 0.647. The lowest BCUT2D eigenvalue weighted by atomic mass is 9.86. The highest BCUT2D eigenvalue weighted by Crippen LogP contribution is 2.47. The smallest absolute Gasteiger partial charge is 0.128 e. The first-order valence-corrected chi connectivity index (χ1v) is 7.98. The van der Waals surface area contributed by atoms with Gasteiger partial charge in [-0.3, -0.25) is 4.90 Å². The van der Waals surface area contributed by atoms with Crippen molar-refractivity contribution in [3.05, 3.63) is 23.8 Å². The Balaban J connectivity index is 1.64. The minimum atomic E-state index is -0.110. The van der Waals surface area contributed by atoms with Crippen LogP contribution >= 0.6 is 0 Å². The molecular formula is C17H24N2O2. The van der Waals surface area contributed by atoms with E-state index in [1.807, 2.05) is 18.2 Å². The van der Waals surface area contributed by atoms with Crippen molar-refractivity contribution in [2.45, 2.75) is 56.3 Å². The SMILES string of the molecule is COc1ccc2c(c1)OC1(CC(C)N(C3CC3)C1)C[C@@H]2N. The van der Waals surface area contributed by atoms with Crippen LogP contribution in [-0.4, -0.2) is 36.2 Å². The third kappa shape index (κ3) is 2.21. The van der Waals surface area contributed by atoms with Crippen LogP contribution in [0, 0.1) is 0 Å². The van der Waals surface area contributed by atoms with Gasteiger partial charge in [-0.15, -0.1) is 0 Å². The first kappa shape index (κ1) is 13.4. The van der Waals surface area contributed by atoms with E-state index in [1.165, 1.54) is 12.8 Å². The van der Waals surface area contributed by atoms with E-state index in [2.05, 4.69) is 11.8 Å². The van der Waals surface area contributed by atoms with E-state index in [-0.39, 0.29) is 11.6 Å². The summed E-state index contributed by atoms with van der Waals surface area (Å²) < 4.78 is 11.8. The molecule has 0 amide bonds. The first-order chi connectivity index (χ1) is 10.1. The average Bonchev–Trinajstić information content (AvgIpc) is 3.24. The summed E-state index contributed by atoms with van der Waals surface area (Å²) in [6, 6.07) is 7.44. The Morgan fingerprint density at radius 1 is 1.33 bits per heavy atom. The summed E-state index contributed by atoms with van der Waals surface area (Å²) in [6.45, 7) is 3.34. The number of likely N-dealkylation sites (tertiary alicyclic amines) is 1. The van der Waals surface area contributed by atoms with E-state index in [0.29, 0.717) is 6.04 Å². The molecule has 2 N–H and O–H groups in total. The Kier molecular flexibility index (Phi) is 2.95. The molecule has 2 aliphatic heterocycles. The summed E-state index contributed by atoms with van der Waals surface area (Å²) in [4.78, 5) is 2.62. The fourth-order valence-corrected chi connectivity index (χ4v) is 4.15. The van der Waals surface area contributed by atoms with E-state index in [9.17, 15) is 0 Å². The number of rotatable bonds is 2. The van der Waals surface area contributed by atoms with E-state index in [1.54, 1.807) is 7.11 Å². The van der Waals surface area contributed by atoms with Gasteiger partial charge in [-0.25, -0.2) is 0 Å². The van der Waals surface area contributed by atoms with Crippen molar-refractivity contribution in [3.63, 3.8) is 0 Å². The van der Waals surface area contributed by atoms with E-state index >= 15 is 0 Å². The molecule has 1 spiro atoms. The summed E-state index contributed by atoms with van der Waals surface area (Å²) >= 11 is 0. The van der Waals surface area contributed by atoms with Crippen molar-refractivity contribution in [2.24, 2.45) is 5.73 Å². The molecule has 1 aromatic carbocycles. The van der Waals surface area contributed by atoms with Crippen molar-refractivity contribution in [3.8, 4) is 11.5 Å². The maximum atomic E-state index is 6.47. The van der Waals surface area contributed by atoms with Gasteiger partial charge in [0.1, 0.15) is 17.1 Å². The third-order valence-electron chi connectivity index (χ3n) is 5.26. The molecule has 1 saturated heterocycles. The van der Waals surface area contributed by atoms with Crippen molar-refractivity contribution >= 4 is 0 Å².